The normalized spacial score (nSPS) is 12.1. The molecule has 5 heteroatoms. The molecule has 0 fully saturated rings. The molecule has 3 nitrogen and oxygen atoms in total. The van der Waals surface area contributed by atoms with Gasteiger partial charge in [0.15, 0.2) is 0 Å². The van der Waals surface area contributed by atoms with Crippen LogP contribution in [0.4, 0.5) is 0 Å². The van der Waals surface area contributed by atoms with Gasteiger partial charge in [-0.1, -0.05) is 27.5 Å². The molecule has 2 aromatic rings. The molecular formula is C16H17BrClNO2. The van der Waals surface area contributed by atoms with Crippen molar-refractivity contribution >= 4 is 27.5 Å². The van der Waals surface area contributed by atoms with Crippen molar-refractivity contribution in [2.24, 2.45) is 5.73 Å². The van der Waals surface area contributed by atoms with Gasteiger partial charge in [-0.2, -0.15) is 0 Å². The van der Waals surface area contributed by atoms with Crippen molar-refractivity contribution in [3.05, 3.63) is 56.5 Å². The van der Waals surface area contributed by atoms with Crippen molar-refractivity contribution in [2.45, 2.75) is 13.0 Å². The zero-order chi connectivity index (χ0) is 15.6. The van der Waals surface area contributed by atoms with Crippen molar-refractivity contribution in [3.8, 4) is 11.5 Å². The number of ether oxygens (including phenoxy) is 2. The van der Waals surface area contributed by atoms with Crippen LogP contribution in [0.5, 0.6) is 11.5 Å². The standard InChI is InChI=1S/C16H17BrClNO2/c1-9-6-15(21-3)12(8-13(9)17)16(19)11-7-10(18)4-5-14(11)20-2/h4-8,16H,19H2,1-3H3. The van der Waals surface area contributed by atoms with E-state index in [4.69, 9.17) is 26.8 Å². The highest BCUT2D eigenvalue weighted by atomic mass is 79.9. The first kappa shape index (κ1) is 16.1. The first-order valence-corrected chi connectivity index (χ1v) is 7.58. The van der Waals surface area contributed by atoms with Crippen molar-refractivity contribution < 1.29 is 9.47 Å². The van der Waals surface area contributed by atoms with Gasteiger partial charge in [-0.25, -0.2) is 0 Å². The monoisotopic (exact) mass is 369 g/mol. The SMILES string of the molecule is COc1ccc(Cl)cc1C(N)c1cc(Br)c(C)cc1OC. The van der Waals surface area contributed by atoms with E-state index >= 15 is 0 Å². The van der Waals surface area contributed by atoms with Crippen LogP contribution in [-0.2, 0) is 0 Å². The largest absolute Gasteiger partial charge is 0.496 e. The topological polar surface area (TPSA) is 44.5 Å². The summed E-state index contributed by atoms with van der Waals surface area (Å²) in [4.78, 5) is 0. The number of benzene rings is 2. The lowest BCUT2D eigenvalue weighted by atomic mass is 9.97. The zero-order valence-corrected chi connectivity index (χ0v) is 14.5. The van der Waals surface area contributed by atoms with Crippen LogP contribution in [-0.4, -0.2) is 14.2 Å². The average molecular weight is 371 g/mol. The summed E-state index contributed by atoms with van der Waals surface area (Å²) in [5.74, 6) is 1.44. The fourth-order valence-electron chi connectivity index (χ4n) is 2.21. The predicted molar refractivity (Wildman–Crippen MR) is 89.5 cm³/mol. The van der Waals surface area contributed by atoms with E-state index in [1.165, 1.54) is 0 Å². The highest BCUT2D eigenvalue weighted by Crippen LogP contribution is 2.37. The maximum absolute atomic E-state index is 6.42. The van der Waals surface area contributed by atoms with E-state index in [9.17, 15) is 0 Å². The maximum Gasteiger partial charge on any atom is 0.124 e. The molecule has 0 aliphatic carbocycles. The Bertz CT molecular complexity index is 661. The molecule has 2 rings (SSSR count). The first-order chi connectivity index (χ1) is 9.97. The van der Waals surface area contributed by atoms with E-state index in [2.05, 4.69) is 15.9 Å². The molecule has 112 valence electrons. The smallest absolute Gasteiger partial charge is 0.124 e. The van der Waals surface area contributed by atoms with Gasteiger partial charge in [0, 0.05) is 20.6 Å². The summed E-state index contributed by atoms with van der Waals surface area (Å²) >= 11 is 9.62. The Hall–Kier alpha value is -1.23. The van der Waals surface area contributed by atoms with Crippen LogP contribution < -0.4 is 15.2 Å². The molecule has 1 unspecified atom stereocenters. The second-order valence-electron chi connectivity index (χ2n) is 4.71. The minimum Gasteiger partial charge on any atom is -0.496 e. The Morgan fingerprint density at radius 1 is 1.05 bits per heavy atom. The average Bonchev–Trinajstić information content (AvgIpc) is 2.48. The summed E-state index contributed by atoms with van der Waals surface area (Å²) < 4.78 is 11.8. The number of aryl methyl sites for hydroxylation is 1. The Balaban J connectivity index is 2.56. The molecule has 2 aromatic carbocycles. The third-order valence-corrected chi connectivity index (χ3v) is 4.46. The van der Waals surface area contributed by atoms with Crippen molar-refractivity contribution in [1.82, 2.24) is 0 Å². The van der Waals surface area contributed by atoms with Crippen LogP contribution >= 0.6 is 27.5 Å². The molecule has 0 spiro atoms. The summed E-state index contributed by atoms with van der Waals surface area (Å²) in [5.41, 5.74) is 9.19. The molecule has 0 aliphatic rings. The number of nitrogens with two attached hydrogens (primary N) is 1. The van der Waals surface area contributed by atoms with E-state index in [1.807, 2.05) is 31.2 Å². The Morgan fingerprint density at radius 3 is 2.29 bits per heavy atom. The summed E-state index contributed by atoms with van der Waals surface area (Å²) in [6.45, 7) is 2.00. The molecule has 0 aliphatic heterocycles. The molecule has 0 aromatic heterocycles. The van der Waals surface area contributed by atoms with Crippen LogP contribution in [0.3, 0.4) is 0 Å². The number of hydrogen-bond donors (Lipinski definition) is 1. The molecule has 21 heavy (non-hydrogen) atoms. The highest BCUT2D eigenvalue weighted by molar-refractivity contribution is 9.10. The molecule has 0 heterocycles. The molecule has 0 saturated carbocycles. The van der Waals surface area contributed by atoms with Gasteiger partial charge in [-0.3, -0.25) is 0 Å². The van der Waals surface area contributed by atoms with Gasteiger partial charge in [0.2, 0.25) is 0 Å². The summed E-state index contributed by atoms with van der Waals surface area (Å²) in [6.07, 6.45) is 0. The Labute approximate surface area is 138 Å². The summed E-state index contributed by atoms with van der Waals surface area (Å²) in [6, 6.07) is 8.94. The van der Waals surface area contributed by atoms with Crippen molar-refractivity contribution in [2.75, 3.05) is 14.2 Å². The number of halogens is 2. The Kier molecular flexibility index (Phi) is 5.14. The maximum atomic E-state index is 6.42. The van der Waals surface area contributed by atoms with E-state index in [-0.39, 0.29) is 0 Å². The second-order valence-corrected chi connectivity index (χ2v) is 6.00. The predicted octanol–water partition coefficient (Wildman–Crippen LogP) is 4.48. The lowest BCUT2D eigenvalue weighted by molar-refractivity contribution is 0.400. The Morgan fingerprint density at radius 2 is 1.67 bits per heavy atom. The van der Waals surface area contributed by atoms with Crippen LogP contribution in [0.15, 0.2) is 34.8 Å². The molecule has 1 atom stereocenters. The van der Waals surface area contributed by atoms with Gasteiger partial charge in [-0.15, -0.1) is 0 Å². The molecule has 0 amide bonds. The van der Waals surface area contributed by atoms with Crippen LogP contribution in [0, 0.1) is 6.92 Å². The molecule has 0 saturated heterocycles. The lowest BCUT2D eigenvalue weighted by Crippen LogP contribution is -2.14. The molecule has 0 radical (unpaired) electrons. The number of rotatable bonds is 4. The quantitative estimate of drug-likeness (QED) is 0.863. The number of methoxy groups -OCH3 is 2. The van der Waals surface area contributed by atoms with Gasteiger partial charge in [-0.05, 0) is 42.8 Å². The van der Waals surface area contributed by atoms with Gasteiger partial charge < -0.3 is 15.2 Å². The van der Waals surface area contributed by atoms with Crippen molar-refractivity contribution in [3.63, 3.8) is 0 Å². The van der Waals surface area contributed by atoms with Gasteiger partial charge in [0.1, 0.15) is 11.5 Å². The molecule has 2 N–H and O–H groups in total. The number of hydrogen-bond acceptors (Lipinski definition) is 3. The minimum atomic E-state index is -0.398. The zero-order valence-electron chi connectivity index (χ0n) is 12.1. The van der Waals surface area contributed by atoms with Crippen LogP contribution in [0.1, 0.15) is 22.7 Å². The van der Waals surface area contributed by atoms with E-state index in [0.29, 0.717) is 10.8 Å². The third-order valence-electron chi connectivity index (χ3n) is 3.37. The van der Waals surface area contributed by atoms with E-state index < -0.39 is 6.04 Å². The van der Waals surface area contributed by atoms with Gasteiger partial charge >= 0.3 is 0 Å². The van der Waals surface area contributed by atoms with E-state index in [1.54, 1.807) is 20.3 Å². The van der Waals surface area contributed by atoms with E-state index in [0.717, 1.165) is 26.9 Å². The fraction of sp³-hybridized carbons (Fsp3) is 0.250. The fourth-order valence-corrected chi connectivity index (χ4v) is 2.75. The van der Waals surface area contributed by atoms with Gasteiger partial charge in [0.05, 0.1) is 20.3 Å². The summed E-state index contributed by atoms with van der Waals surface area (Å²) in [7, 11) is 3.25. The second kappa shape index (κ2) is 6.69. The van der Waals surface area contributed by atoms with Gasteiger partial charge in [0.25, 0.3) is 0 Å². The van der Waals surface area contributed by atoms with Crippen LogP contribution in [0.25, 0.3) is 0 Å². The molecular weight excluding hydrogens is 354 g/mol. The summed E-state index contributed by atoms with van der Waals surface area (Å²) in [5, 5.41) is 0.617. The third kappa shape index (κ3) is 3.34. The first-order valence-electron chi connectivity index (χ1n) is 6.41. The minimum absolute atomic E-state index is 0.398. The molecule has 0 bridgehead atoms. The van der Waals surface area contributed by atoms with Crippen molar-refractivity contribution in [1.29, 1.82) is 0 Å². The highest BCUT2D eigenvalue weighted by Gasteiger charge is 2.19. The van der Waals surface area contributed by atoms with Crippen LogP contribution in [0.2, 0.25) is 5.02 Å². The lowest BCUT2D eigenvalue weighted by Gasteiger charge is -2.20.